The molecular formula is C11H14ClN3O2. The Balaban J connectivity index is 2.35. The third-order valence-corrected chi connectivity index (χ3v) is 3.17. The first-order valence-electron chi connectivity index (χ1n) is 5.52. The summed E-state index contributed by atoms with van der Waals surface area (Å²) in [5, 5.41) is 11.5. The van der Waals surface area contributed by atoms with Gasteiger partial charge in [0, 0.05) is 30.2 Å². The monoisotopic (exact) mass is 255 g/mol. The molecule has 1 unspecified atom stereocenters. The van der Waals surface area contributed by atoms with Gasteiger partial charge >= 0.3 is 0 Å². The highest BCUT2D eigenvalue weighted by Gasteiger charge is 2.23. The Bertz CT molecular complexity index is 439. The maximum atomic E-state index is 11.0. The normalized spacial score (nSPS) is 20.4. The van der Waals surface area contributed by atoms with Crippen LogP contribution in [0.4, 0.5) is 11.4 Å². The van der Waals surface area contributed by atoms with Gasteiger partial charge in [-0.05, 0) is 25.0 Å². The lowest BCUT2D eigenvalue weighted by Crippen LogP contribution is -2.43. The molecule has 0 saturated carbocycles. The van der Waals surface area contributed by atoms with E-state index in [-0.39, 0.29) is 16.7 Å². The van der Waals surface area contributed by atoms with Gasteiger partial charge in [0.1, 0.15) is 5.69 Å². The molecule has 0 bridgehead atoms. The number of benzene rings is 1. The first kappa shape index (κ1) is 12.1. The highest BCUT2D eigenvalue weighted by Crippen LogP contribution is 2.32. The second-order valence-corrected chi connectivity index (χ2v) is 4.67. The molecule has 1 fully saturated rings. The molecule has 1 saturated heterocycles. The van der Waals surface area contributed by atoms with Crippen molar-refractivity contribution in [2.45, 2.75) is 18.9 Å². The van der Waals surface area contributed by atoms with Crippen LogP contribution in [0.2, 0.25) is 5.02 Å². The lowest BCUT2D eigenvalue weighted by Gasteiger charge is -2.32. The average Bonchev–Trinajstić information content (AvgIpc) is 2.28. The van der Waals surface area contributed by atoms with E-state index in [1.54, 1.807) is 6.07 Å². The third kappa shape index (κ3) is 2.68. The van der Waals surface area contributed by atoms with E-state index in [4.69, 9.17) is 17.3 Å². The first-order chi connectivity index (χ1) is 8.08. The van der Waals surface area contributed by atoms with Crippen LogP contribution in [0.25, 0.3) is 0 Å². The Morgan fingerprint density at radius 1 is 1.53 bits per heavy atom. The van der Waals surface area contributed by atoms with Gasteiger partial charge in [-0.1, -0.05) is 11.6 Å². The van der Waals surface area contributed by atoms with E-state index in [1.807, 2.05) is 4.90 Å². The molecule has 0 aliphatic carbocycles. The third-order valence-electron chi connectivity index (χ3n) is 2.93. The topological polar surface area (TPSA) is 72.4 Å². The molecule has 1 atom stereocenters. The molecule has 6 heteroatoms. The second kappa shape index (κ2) is 4.89. The molecule has 92 valence electrons. The number of halogens is 1. The molecule has 1 aliphatic rings. The van der Waals surface area contributed by atoms with E-state index in [1.165, 1.54) is 12.1 Å². The summed E-state index contributed by atoms with van der Waals surface area (Å²) in [7, 11) is 0. The van der Waals surface area contributed by atoms with E-state index >= 15 is 0 Å². The summed E-state index contributed by atoms with van der Waals surface area (Å²) in [4.78, 5) is 12.5. The van der Waals surface area contributed by atoms with Crippen molar-refractivity contribution < 1.29 is 4.92 Å². The minimum Gasteiger partial charge on any atom is -0.364 e. The molecule has 0 spiro atoms. The van der Waals surface area contributed by atoms with Crippen LogP contribution in [-0.4, -0.2) is 24.1 Å². The minimum atomic E-state index is -0.383. The summed E-state index contributed by atoms with van der Waals surface area (Å²) in [6.45, 7) is 1.43. The summed E-state index contributed by atoms with van der Waals surface area (Å²) in [6, 6.07) is 4.69. The largest absolute Gasteiger partial charge is 0.364 e. The van der Waals surface area contributed by atoms with Gasteiger partial charge in [-0.25, -0.2) is 0 Å². The van der Waals surface area contributed by atoms with Crippen LogP contribution in [0, 0.1) is 10.1 Å². The summed E-state index contributed by atoms with van der Waals surface area (Å²) < 4.78 is 0. The van der Waals surface area contributed by atoms with E-state index in [2.05, 4.69) is 0 Å². The van der Waals surface area contributed by atoms with Gasteiger partial charge in [-0.3, -0.25) is 10.1 Å². The summed E-state index contributed by atoms with van der Waals surface area (Å²) >= 11 is 5.90. The average molecular weight is 256 g/mol. The zero-order valence-electron chi connectivity index (χ0n) is 9.30. The number of anilines is 1. The molecule has 0 aromatic heterocycles. The molecule has 0 amide bonds. The molecule has 1 heterocycles. The molecule has 0 radical (unpaired) electrons. The summed E-state index contributed by atoms with van der Waals surface area (Å²) in [5.74, 6) is 0. The van der Waals surface area contributed by atoms with E-state index < -0.39 is 0 Å². The van der Waals surface area contributed by atoms with Gasteiger partial charge in [-0.15, -0.1) is 0 Å². The fraction of sp³-hybridized carbons (Fsp3) is 0.455. The van der Waals surface area contributed by atoms with Crippen molar-refractivity contribution >= 4 is 23.0 Å². The highest BCUT2D eigenvalue weighted by molar-refractivity contribution is 6.31. The van der Waals surface area contributed by atoms with E-state index in [0.29, 0.717) is 17.3 Å². The van der Waals surface area contributed by atoms with Crippen LogP contribution < -0.4 is 10.6 Å². The van der Waals surface area contributed by atoms with Crippen molar-refractivity contribution in [2.24, 2.45) is 5.73 Å². The van der Waals surface area contributed by atoms with Gasteiger partial charge < -0.3 is 10.6 Å². The number of rotatable bonds is 2. The maximum absolute atomic E-state index is 11.0. The Hall–Kier alpha value is -1.33. The predicted octanol–water partition coefficient (Wildman–Crippen LogP) is 2.18. The van der Waals surface area contributed by atoms with Crippen LogP contribution in [0.1, 0.15) is 12.8 Å². The quantitative estimate of drug-likeness (QED) is 0.649. The Labute approximate surface area is 104 Å². The van der Waals surface area contributed by atoms with Crippen molar-refractivity contribution in [3.05, 3.63) is 33.3 Å². The Kier molecular flexibility index (Phi) is 3.49. The van der Waals surface area contributed by atoms with Crippen molar-refractivity contribution in [3.63, 3.8) is 0 Å². The lowest BCUT2D eigenvalue weighted by molar-refractivity contribution is -0.384. The number of nitro groups is 1. The van der Waals surface area contributed by atoms with Crippen molar-refractivity contribution in [1.29, 1.82) is 0 Å². The van der Waals surface area contributed by atoms with Gasteiger partial charge in [0.2, 0.25) is 0 Å². The summed E-state index contributed by atoms with van der Waals surface area (Å²) in [5.41, 5.74) is 6.54. The van der Waals surface area contributed by atoms with Crippen molar-refractivity contribution in [1.82, 2.24) is 0 Å². The fourth-order valence-electron chi connectivity index (χ4n) is 2.13. The SMILES string of the molecule is NC1CCCN(c2cc(Cl)ccc2[N+](=O)[O-])C1. The molecule has 2 N–H and O–H groups in total. The van der Waals surface area contributed by atoms with Crippen LogP contribution in [-0.2, 0) is 0 Å². The predicted molar refractivity (Wildman–Crippen MR) is 67.5 cm³/mol. The van der Waals surface area contributed by atoms with Gasteiger partial charge in [0.25, 0.3) is 5.69 Å². The number of nitrogens with zero attached hydrogens (tertiary/aromatic N) is 2. The van der Waals surface area contributed by atoms with Gasteiger partial charge in [0.15, 0.2) is 0 Å². The zero-order valence-corrected chi connectivity index (χ0v) is 10.1. The number of piperidine rings is 1. The fourth-order valence-corrected chi connectivity index (χ4v) is 2.30. The van der Waals surface area contributed by atoms with Gasteiger partial charge in [0.05, 0.1) is 4.92 Å². The van der Waals surface area contributed by atoms with E-state index in [9.17, 15) is 10.1 Å². The molecule has 1 aromatic rings. The lowest BCUT2D eigenvalue weighted by atomic mass is 10.1. The van der Waals surface area contributed by atoms with Crippen LogP contribution in [0.3, 0.4) is 0 Å². The number of nitrogens with two attached hydrogens (primary N) is 1. The van der Waals surface area contributed by atoms with E-state index in [0.717, 1.165) is 19.4 Å². The van der Waals surface area contributed by atoms with Crippen LogP contribution >= 0.6 is 11.6 Å². The first-order valence-corrected chi connectivity index (χ1v) is 5.90. The standard InChI is InChI=1S/C11H14ClN3O2/c12-8-3-4-10(15(16)17)11(6-8)14-5-1-2-9(13)7-14/h3-4,6,9H,1-2,5,7,13H2. The number of hydrogen-bond donors (Lipinski definition) is 1. The molecule has 1 aliphatic heterocycles. The number of hydrogen-bond acceptors (Lipinski definition) is 4. The minimum absolute atomic E-state index is 0.0716. The number of nitro benzene ring substituents is 1. The smallest absolute Gasteiger partial charge is 0.292 e. The Morgan fingerprint density at radius 3 is 2.94 bits per heavy atom. The molecule has 5 nitrogen and oxygen atoms in total. The van der Waals surface area contributed by atoms with Crippen molar-refractivity contribution in [3.8, 4) is 0 Å². The maximum Gasteiger partial charge on any atom is 0.292 e. The molecule has 17 heavy (non-hydrogen) atoms. The second-order valence-electron chi connectivity index (χ2n) is 4.24. The summed E-state index contributed by atoms with van der Waals surface area (Å²) in [6.07, 6.45) is 1.91. The molecule has 2 rings (SSSR count). The van der Waals surface area contributed by atoms with Crippen molar-refractivity contribution in [2.75, 3.05) is 18.0 Å². The molecule has 1 aromatic carbocycles. The highest BCUT2D eigenvalue weighted by atomic mass is 35.5. The van der Waals surface area contributed by atoms with Gasteiger partial charge in [-0.2, -0.15) is 0 Å². The molecular weight excluding hydrogens is 242 g/mol. The van der Waals surface area contributed by atoms with Crippen LogP contribution in [0.5, 0.6) is 0 Å². The zero-order chi connectivity index (χ0) is 12.4. The Morgan fingerprint density at radius 2 is 2.29 bits per heavy atom. The van der Waals surface area contributed by atoms with Crippen LogP contribution in [0.15, 0.2) is 18.2 Å².